The number of ether oxygens (including phenoxy) is 3. The predicted octanol–water partition coefficient (Wildman–Crippen LogP) is 0.969. The van der Waals surface area contributed by atoms with Crippen LogP contribution in [0.25, 0.3) is 0 Å². The molecular weight excluding hydrogens is 252 g/mol. The van der Waals surface area contributed by atoms with E-state index in [1.54, 1.807) is 31.4 Å². The second-order valence-corrected chi connectivity index (χ2v) is 3.73. The topological polar surface area (TPSA) is 114 Å². The Morgan fingerprint density at radius 2 is 1.53 bits per heavy atom. The molecule has 0 aromatic heterocycles. The van der Waals surface area contributed by atoms with Crippen molar-refractivity contribution in [2.24, 2.45) is 11.5 Å². The molecule has 1 rings (SSSR count). The number of amides is 2. The van der Waals surface area contributed by atoms with Crippen molar-refractivity contribution in [2.75, 3.05) is 20.3 Å². The fraction of sp³-hybridized carbons (Fsp3) is 0.333. The summed E-state index contributed by atoms with van der Waals surface area (Å²) in [6.07, 6.45) is -1.78. The van der Waals surface area contributed by atoms with Crippen molar-refractivity contribution in [3.8, 4) is 5.75 Å². The first-order valence-corrected chi connectivity index (χ1v) is 5.51. The highest BCUT2D eigenvalue weighted by atomic mass is 16.6. The maximum Gasteiger partial charge on any atom is 0.404 e. The van der Waals surface area contributed by atoms with Gasteiger partial charge in [0.15, 0.2) is 0 Å². The van der Waals surface area contributed by atoms with Gasteiger partial charge in [-0.25, -0.2) is 9.59 Å². The highest BCUT2D eigenvalue weighted by Gasteiger charge is 2.15. The lowest BCUT2D eigenvalue weighted by Crippen LogP contribution is -2.23. The molecule has 0 heterocycles. The number of rotatable bonds is 6. The number of hydrogen-bond acceptors (Lipinski definition) is 5. The summed E-state index contributed by atoms with van der Waals surface area (Å²) in [7, 11) is 1.55. The smallest absolute Gasteiger partial charge is 0.404 e. The van der Waals surface area contributed by atoms with Gasteiger partial charge >= 0.3 is 12.2 Å². The third-order valence-electron chi connectivity index (χ3n) is 2.44. The van der Waals surface area contributed by atoms with E-state index in [1.165, 1.54) is 0 Å². The highest BCUT2D eigenvalue weighted by molar-refractivity contribution is 5.65. The van der Waals surface area contributed by atoms with Gasteiger partial charge in [-0.3, -0.25) is 0 Å². The fourth-order valence-corrected chi connectivity index (χ4v) is 1.48. The van der Waals surface area contributed by atoms with E-state index in [4.69, 9.17) is 25.7 Å². The SMILES string of the molecule is COc1ccc(C(COC(N)=O)COC(N)=O)cc1. The highest BCUT2D eigenvalue weighted by Crippen LogP contribution is 2.20. The molecule has 0 saturated heterocycles. The van der Waals surface area contributed by atoms with Crippen LogP contribution in [-0.2, 0) is 9.47 Å². The standard InChI is InChI=1S/C12H16N2O5/c1-17-10-4-2-8(3-5-10)9(6-18-11(13)15)7-19-12(14)16/h2-5,9H,6-7H2,1H3,(H2,13,15)(H2,14,16). The molecule has 0 bridgehead atoms. The van der Waals surface area contributed by atoms with Crippen molar-refractivity contribution in [3.63, 3.8) is 0 Å². The van der Waals surface area contributed by atoms with Crippen molar-refractivity contribution in [3.05, 3.63) is 29.8 Å². The van der Waals surface area contributed by atoms with E-state index in [-0.39, 0.29) is 19.1 Å². The van der Waals surface area contributed by atoms with E-state index in [0.717, 1.165) is 5.56 Å². The second kappa shape index (κ2) is 7.10. The third kappa shape index (κ3) is 5.15. The van der Waals surface area contributed by atoms with Crippen LogP contribution in [0.4, 0.5) is 9.59 Å². The van der Waals surface area contributed by atoms with Crippen LogP contribution >= 0.6 is 0 Å². The van der Waals surface area contributed by atoms with Gasteiger partial charge in [0.2, 0.25) is 0 Å². The van der Waals surface area contributed by atoms with Crippen molar-refractivity contribution >= 4 is 12.2 Å². The van der Waals surface area contributed by atoms with Crippen molar-refractivity contribution in [1.29, 1.82) is 0 Å². The first-order valence-electron chi connectivity index (χ1n) is 5.51. The fourth-order valence-electron chi connectivity index (χ4n) is 1.48. The molecule has 0 saturated carbocycles. The molecule has 0 aliphatic rings. The molecule has 1 aromatic carbocycles. The summed E-state index contributed by atoms with van der Waals surface area (Å²) < 4.78 is 14.5. The van der Waals surface area contributed by atoms with Crippen LogP contribution in [0, 0.1) is 0 Å². The molecule has 7 nitrogen and oxygen atoms in total. The van der Waals surface area contributed by atoms with Crippen molar-refractivity contribution in [2.45, 2.75) is 5.92 Å². The lowest BCUT2D eigenvalue weighted by molar-refractivity contribution is 0.116. The maximum absolute atomic E-state index is 10.6. The number of carbonyl (C=O) groups is 2. The van der Waals surface area contributed by atoms with Gasteiger partial charge in [-0.1, -0.05) is 12.1 Å². The lowest BCUT2D eigenvalue weighted by Gasteiger charge is -2.16. The van der Waals surface area contributed by atoms with E-state index in [9.17, 15) is 9.59 Å². The number of carbonyl (C=O) groups excluding carboxylic acids is 2. The van der Waals surface area contributed by atoms with E-state index >= 15 is 0 Å². The normalized spacial score (nSPS) is 10.0. The van der Waals surface area contributed by atoms with E-state index in [1.807, 2.05) is 0 Å². The quantitative estimate of drug-likeness (QED) is 0.797. The third-order valence-corrected chi connectivity index (χ3v) is 2.44. The summed E-state index contributed by atoms with van der Waals surface area (Å²) in [6.45, 7) is -0.0100. The van der Waals surface area contributed by atoms with E-state index in [2.05, 4.69) is 0 Å². The van der Waals surface area contributed by atoms with Gasteiger partial charge in [0.1, 0.15) is 19.0 Å². The first-order chi connectivity index (χ1) is 9.02. The second-order valence-electron chi connectivity index (χ2n) is 3.73. The molecule has 0 aliphatic heterocycles. The molecule has 104 valence electrons. The van der Waals surface area contributed by atoms with Gasteiger partial charge in [0, 0.05) is 0 Å². The number of hydrogen-bond donors (Lipinski definition) is 2. The van der Waals surface area contributed by atoms with Crippen molar-refractivity contribution < 1.29 is 23.8 Å². The van der Waals surface area contributed by atoms with Crippen molar-refractivity contribution in [1.82, 2.24) is 0 Å². The molecule has 19 heavy (non-hydrogen) atoms. The van der Waals surface area contributed by atoms with Crippen LogP contribution in [0.3, 0.4) is 0 Å². The maximum atomic E-state index is 10.6. The minimum Gasteiger partial charge on any atom is -0.497 e. The molecule has 0 radical (unpaired) electrons. The van der Waals surface area contributed by atoms with Crippen LogP contribution in [0.15, 0.2) is 24.3 Å². The van der Waals surface area contributed by atoms with Gasteiger partial charge < -0.3 is 25.7 Å². The zero-order valence-electron chi connectivity index (χ0n) is 10.5. The molecule has 0 unspecified atom stereocenters. The average molecular weight is 268 g/mol. The molecule has 2 amide bonds. The van der Waals surface area contributed by atoms with Gasteiger partial charge in [-0.05, 0) is 17.7 Å². The zero-order valence-corrected chi connectivity index (χ0v) is 10.5. The number of primary amides is 2. The Hall–Kier alpha value is -2.44. The van der Waals surface area contributed by atoms with Gasteiger partial charge in [-0.2, -0.15) is 0 Å². The van der Waals surface area contributed by atoms with Crippen LogP contribution in [0.1, 0.15) is 11.5 Å². The Balaban J connectivity index is 2.74. The Morgan fingerprint density at radius 1 is 1.05 bits per heavy atom. The van der Waals surface area contributed by atoms with Crippen LogP contribution in [0.2, 0.25) is 0 Å². The first kappa shape index (κ1) is 14.6. The summed E-state index contributed by atoms with van der Waals surface area (Å²) in [5, 5.41) is 0. The van der Waals surface area contributed by atoms with Crippen LogP contribution in [-0.4, -0.2) is 32.5 Å². The van der Waals surface area contributed by atoms with E-state index in [0.29, 0.717) is 5.75 Å². The Bertz CT molecular complexity index is 414. The molecule has 0 fully saturated rings. The average Bonchev–Trinajstić information content (AvgIpc) is 2.38. The minimum absolute atomic E-state index is 0.00502. The molecule has 0 spiro atoms. The molecular formula is C12H16N2O5. The summed E-state index contributed by atoms with van der Waals surface area (Å²) >= 11 is 0. The van der Waals surface area contributed by atoms with Gasteiger partial charge in [0.05, 0.1) is 13.0 Å². The Kier molecular flexibility index (Phi) is 5.46. The predicted molar refractivity (Wildman–Crippen MR) is 66.8 cm³/mol. The van der Waals surface area contributed by atoms with Gasteiger partial charge in [-0.15, -0.1) is 0 Å². The monoisotopic (exact) mass is 268 g/mol. The molecule has 4 N–H and O–H groups in total. The number of nitrogens with two attached hydrogens (primary N) is 2. The lowest BCUT2D eigenvalue weighted by atomic mass is 10.0. The van der Waals surface area contributed by atoms with Gasteiger partial charge in [0.25, 0.3) is 0 Å². The zero-order chi connectivity index (χ0) is 14.3. The molecule has 0 aliphatic carbocycles. The molecule has 7 heteroatoms. The Labute approximate surface area is 110 Å². The molecule has 0 atom stereocenters. The molecule has 1 aromatic rings. The Morgan fingerprint density at radius 3 is 1.89 bits per heavy atom. The summed E-state index contributed by atoms with van der Waals surface area (Å²) in [5.74, 6) is 0.347. The van der Waals surface area contributed by atoms with Crippen LogP contribution < -0.4 is 16.2 Å². The summed E-state index contributed by atoms with van der Waals surface area (Å²) in [4.78, 5) is 21.2. The van der Waals surface area contributed by atoms with Crippen LogP contribution in [0.5, 0.6) is 5.75 Å². The number of benzene rings is 1. The summed E-state index contributed by atoms with van der Waals surface area (Å²) in [6, 6.07) is 7.05. The minimum atomic E-state index is -0.891. The largest absolute Gasteiger partial charge is 0.497 e. The van der Waals surface area contributed by atoms with E-state index < -0.39 is 12.2 Å². The summed E-state index contributed by atoms with van der Waals surface area (Å²) in [5.41, 5.74) is 10.6. The number of methoxy groups -OCH3 is 1.